The summed E-state index contributed by atoms with van der Waals surface area (Å²) < 4.78 is 0. The molecule has 15 heavy (non-hydrogen) atoms. The second kappa shape index (κ2) is 4.31. The van der Waals surface area contributed by atoms with Crippen LogP contribution in [0.5, 0.6) is 5.75 Å². The summed E-state index contributed by atoms with van der Waals surface area (Å²) in [6.07, 6.45) is 2.33. The molecular weight excluding hydrogens is 192 g/mol. The molecule has 0 unspecified atom stereocenters. The fourth-order valence-electron chi connectivity index (χ4n) is 1.31. The van der Waals surface area contributed by atoms with E-state index >= 15 is 0 Å². The lowest BCUT2D eigenvalue weighted by Crippen LogP contribution is -2.29. The van der Waals surface area contributed by atoms with Crippen LogP contribution in [0.3, 0.4) is 0 Å². The molecule has 2 rings (SSSR count). The molecule has 4 nitrogen and oxygen atoms in total. The Morgan fingerprint density at radius 1 is 1.47 bits per heavy atom. The quantitative estimate of drug-likeness (QED) is 0.691. The van der Waals surface area contributed by atoms with Crippen molar-refractivity contribution in [1.29, 1.82) is 0 Å². The summed E-state index contributed by atoms with van der Waals surface area (Å²) in [5.41, 5.74) is 0.623. The maximum atomic E-state index is 11.4. The summed E-state index contributed by atoms with van der Waals surface area (Å²) in [5, 5.41) is 15.0. The van der Waals surface area contributed by atoms with Crippen LogP contribution in [-0.4, -0.2) is 23.6 Å². The first kappa shape index (κ1) is 9.98. The molecule has 0 saturated heterocycles. The highest BCUT2D eigenvalue weighted by Gasteiger charge is 2.20. The molecule has 3 N–H and O–H groups in total. The van der Waals surface area contributed by atoms with Crippen molar-refractivity contribution in [3.8, 4) is 5.75 Å². The maximum absolute atomic E-state index is 11.4. The van der Waals surface area contributed by atoms with Crippen molar-refractivity contribution in [1.82, 2.24) is 5.32 Å². The average Bonchev–Trinajstić information content (AvgIpc) is 2.98. The lowest BCUT2D eigenvalue weighted by Gasteiger charge is -2.05. The molecule has 0 atom stereocenters. The molecule has 0 radical (unpaired) electrons. The molecule has 1 aromatic rings. The summed E-state index contributed by atoms with van der Waals surface area (Å²) in [7, 11) is 0. The number of nitrogens with one attached hydrogen (secondary N) is 2. The Kier molecular flexibility index (Phi) is 2.87. The van der Waals surface area contributed by atoms with E-state index in [-0.39, 0.29) is 11.7 Å². The Labute approximate surface area is 88.3 Å². The number of amides is 1. The van der Waals surface area contributed by atoms with Crippen LogP contribution in [0, 0.1) is 0 Å². The Bertz CT molecular complexity index is 361. The third kappa shape index (κ3) is 3.25. The summed E-state index contributed by atoms with van der Waals surface area (Å²) in [6.45, 7) is 0.334. The first-order valence-corrected chi connectivity index (χ1v) is 5.06. The monoisotopic (exact) mass is 206 g/mol. The predicted octanol–water partition coefficient (Wildman–Crippen LogP) is 1.08. The van der Waals surface area contributed by atoms with Gasteiger partial charge in [0.2, 0.25) is 5.91 Å². The highest BCUT2D eigenvalue weighted by Crippen LogP contribution is 2.18. The van der Waals surface area contributed by atoms with Crippen molar-refractivity contribution in [3.05, 3.63) is 24.3 Å². The van der Waals surface area contributed by atoms with Gasteiger partial charge in [-0.15, -0.1) is 0 Å². The number of rotatable bonds is 4. The minimum absolute atomic E-state index is 0.0764. The summed E-state index contributed by atoms with van der Waals surface area (Å²) >= 11 is 0. The van der Waals surface area contributed by atoms with Crippen LogP contribution in [0.25, 0.3) is 0 Å². The average molecular weight is 206 g/mol. The molecule has 1 aliphatic carbocycles. The van der Waals surface area contributed by atoms with Crippen LogP contribution in [0.2, 0.25) is 0 Å². The molecule has 1 aromatic carbocycles. The third-order valence-electron chi connectivity index (χ3n) is 2.26. The van der Waals surface area contributed by atoms with Gasteiger partial charge in [0.15, 0.2) is 0 Å². The van der Waals surface area contributed by atoms with Crippen molar-refractivity contribution in [2.45, 2.75) is 18.9 Å². The SMILES string of the molecule is O=C(CNC1CC1)Nc1cccc(O)c1. The summed E-state index contributed by atoms with van der Waals surface area (Å²) in [4.78, 5) is 11.4. The molecular formula is C11H14N2O2. The van der Waals surface area contributed by atoms with E-state index in [0.717, 1.165) is 0 Å². The van der Waals surface area contributed by atoms with Crippen LogP contribution in [0.15, 0.2) is 24.3 Å². The van der Waals surface area contributed by atoms with Crippen LogP contribution in [0.1, 0.15) is 12.8 Å². The van der Waals surface area contributed by atoms with E-state index < -0.39 is 0 Å². The van der Waals surface area contributed by atoms with Crippen LogP contribution in [0.4, 0.5) is 5.69 Å². The number of anilines is 1. The van der Waals surface area contributed by atoms with Gasteiger partial charge in [0.1, 0.15) is 5.75 Å². The highest BCUT2D eigenvalue weighted by atomic mass is 16.3. The predicted molar refractivity (Wildman–Crippen MR) is 57.8 cm³/mol. The van der Waals surface area contributed by atoms with Crippen LogP contribution in [-0.2, 0) is 4.79 Å². The zero-order chi connectivity index (χ0) is 10.7. The second-order valence-electron chi connectivity index (χ2n) is 3.75. The molecule has 1 aliphatic rings. The molecule has 0 spiro atoms. The van der Waals surface area contributed by atoms with Gasteiger partial charge < -0.3 is 15.7 Å². The topological polar surface area (TPSA) is 61.4 Å². The Morgan fingerprint density at radius 3 is 2.93 bits per heavy atom. The van der Waals surface area contributed by atoms with Crippen molar-refractivity contribution in [2.24, 2.45) is 0 Å². The number of benzene rings is 1. The van der Waals surface area contributed by atoms with E-state index in [1.807, 2.05) is 0 Å². The van der Waals surface area contributed by atoms with Crippen LogP contribution >= 0.6 is 0 Å². The lowest BCUT2D eigenvalue weighted by molar-refractivity contribution is -0.115. The zero-order valence-electron chi connectivity index (χ0n) is 8.36. The lowest BCUT2D eigenvalue weighted by atomic mass is 10.3. The van der Waals surface area contributed by atoms with E-state index in [0.29, 0.717) is 18.3 Å². The van der Waals surface area contributed by atoms with E-state index in [2.05, 4.69) is 10.6 Å². The fraction of sp³-hybridized carbons (Fsp3) is 0.364. The number of aromatic hydroxyl groups is 1. The Balaban J connectivity index is 1.81. The van der Waals surface area contributed by atoms with Gasteiger partial charge in [-0.25, -0.2) is 0 Å². The molecule has 1 fully saturated rings. The van der Waals surface area contributed by atoms with Gasteiger partial charge in [-0.05, 0) is 25.0 Å². The number of hydrogen-bond donors (Lipinski definition) is 3. The number of carbonyl (C=O) groups excluding carboxylic acids is 1. The minimum atomic E-state index is -0.0764. The smallest absolute Gasteiger partial charge is 0.238 e. The first-order chi connectivity index (χ1) is 7.24. The van der Waals surface area contributed by atoms with Gasteiger partial charge >= 0.3 is 0 Å². The van der Waals surface area contributed by atoms with Gasteiger partial charge in [-0.3, -0.25) is 4.79 Å². The zero-order valence-corrected chi connectivity index (χ0v) is 8.36. The van der Waals surface area contributed by atoms with E-state index in [1.165, 1.54) is 18.9 Å². The molecule has 1 saturated carbocycles. The standard InChI is InChI=1S/C11H14N2O2/c14-10-3-1-2-9(6-10)13-11(15)7-12-8-4-5-8/h1-3,6,8,12,14H,4-5,7H2,(H,13,15). The second-order valence-corrected chi connectivity index (χ2v) is 3.75. The number of carbonyl (C=O) groups is 1. The summed E-state index contributed by atoms with van der Waals surface area (Å²) in [5.74, 6) is 0.0791. The molecule has 0 heterocycles. The van der Waals surface area contributed by atoms with Gasteiger partial charge in [0.05, 0.1) is 6.54 Å². The maximum Gasteiger partial charge on any atom is 0.238 e. The molecule has 0 aromatic heterocycles. The molecule has 80 valence electrons. The Morgan fingerprint density at radius 2 is 2.27 bits per heavy atom. The molecule has 1 amide bonds. The van der Waals surface area contributed by atoms with Gasteiger partial charge in [-0.2, -0.15) is 0 Å². The number of phenols is 1. The molecule has 0 bridgehead atoms. The van der Waals surface area contributed by atoms with Gasteiger partial charge in [0, 0.05) is 17.8 Å². The van der Waals surface area contributed by atoms with Crippen molar-refractivity contribution < 1.29 is 9.90 Å². The normalized spacial score (nSPS) is 14.9. The largest absolute Gasteiger partial charge is 0.508 e. The van der Waals surface area contributed by atoms with Crippen molar-refractivity contribution in [3.63, 3.8) is 0 Å². The fourth-order valence-corrected chi connectivity index (χ4v) is 1.31. The van der Waals surface area contributed by atoms with E-state index in [9.17, 15) is 9.90 Å². The molecule has 0 aliphatic heterocycles. The highest BCUT2D eigenvalue weighted by molar-refractivity contribution is 5.92. The van der Waals surface area contributed by atoms with E-state index in [1.54, 1.807) is 18.2 Å². The van der Waals surface area contributed by atoms with Gasteiger partial charge in [-0.1, -0.05) is 6.07 Å². The van der Waals surface area contributed by atoms with Gasteiger partial charge in [0.25, 0.3) is 0 Å². The Hall–Kier alpha value is -1.55. The number of hydrogen-bond acceptors (Lipinski definition) is 3. The van der Waals surface area contributed by atoms with Crippen molar-refractivity contribution >= 4 is 11.6 Å². The first-order valence-electron chi connectivity index (χ1n) is 5.06. The van der Waals surface area contributed by atoms with E-state index in [4.69, 9.17) is 0 Å². The van der Waals surface area contributed by atoms with Crippen LogP contribution < -0.4 is 10.6 Å². The molecule has 4 heteroatoms. The number of phenolic OH excluding ortho intramolecular Hbond substituents is 1. The summed E-state index contributed by atoms with van der Waals surface area (Å²) in [6, 6.07) is 7.06. The minimum Gasteiger partial charge on any atom is -0.508 e. The third-order valence-corrected chi connectivity index (χ3v) is 2.26. The van der Waals surface area contributed by atoms with Crippen molar-refractivity contribution in [2.75, 3.05) is 11.9 Å².